The topological polar surface area (TPSA) is 84.9 Å². The highest BCUT2D eigenvalue weighted by Gasteiger charge is 2.28. The number of carbonyl (C=O) groups is 3. The number of ketones is 1. The molecule has 0 unspecified atom stereocenters. The van der Waals surface area contributed by atoms with Crippen molar-refractivity contribution in [2.45, 2.75) is 78.0 Å². The molecule has 1 fully saturated rings. The number of nitrogens with one attached hydrogen (secondary N) is 1. The first-order valence-electron chi connectivity index (χ1n) is 13.2. The summed E-state index contributed by atoms with van der Waals surface area (Å²) in [6, 6.07) is 17.1. The number of Topliss-reactive ketones (excluding diaryl/α,β-unsaturated/α-hetero) is 1. The average molecular weight is 509 g/mol. The lowest BCUT2D eigenvalue weighted by molar-refractivity contribution is -0.128. The number of hydrogen-bond donors (Lipinski definition) is 1. The molecule has 1 aliphatic heterocycles. The zero-order valence-corrected chi connectivity index (χ0v) is 22.5. The standard InChI is InChI=1S/C30H40N2O5/c1-5-27(33)26(19-22-11-13-25(14-12-22)36-21-24-9-7-6-8-10-24)31-28(34)20-23-15-17-32(18-16-23)29(35)37-30(2,3)4/h6-14,23,26H,5,15-21H2,1-4H3,(H,31,34)/t26-/m0/s1. The third kappa shape index (κ3) is 9.56. The molecule has 3 rings (SSSR count). The summed E-state index contributed by atoms with van der Waals surface area (Å²) in [6.45, 7) is 9.00. The van der Waals surface area contributed by atoms with Crippen LogP contribution in [0.15, 0.2) is 54.6 Å². The van der Waals surface area contributed by atoms with Crippen LogP contribution in [0.5, 0.6) is 5.75 Å². The van der Waals surface area contributed by atoms with Crippen molar-refractivity contribution in [2.75, 3.05) is 13.1 Å². The van der Waals surface area contributed by atoms with Gasteiger partial charge in [0.2, 0.25) is 5.91 Å². The molecule has 7 nitrogen and oxygen atoms in total. The summed E-state index contributed by atoms with van der Waals surface area (Å²) < 4.78 is 11.3. The molecule has 2 amide bonds. The van der Waals surface area contributed by atoms with Gasteiger partial charge < -0.3 is 19.7 Å². The lowest BCUT2D eigenvalue weighted by atomic mass is 9.93. The fraction of sp³-hybridized carbons (Fsp3) is 0.500. The summed E-state index contributed by atoms with van der Waals surface area (Å²) in [7, 11) is 0. The zero-order valence-electron chi connectivity index (χ0n) is 22.5. The van der Waals surface area contributed by atoms with Crippen LogP contribution in [0.4, 0.5) is 4.79 Å². The van der Waals surface area contributed by atoms with Crippen LogP contribution in [0.2, 0.25) is 0 Å². The Hall–Kier alpha value is -3.35. The quantitative estimate of drug-likeness (QED) is 0.470. The summed E-state index contributed by atoms with van der Waals surface area (Å²) in [5.74, 6) is 0.827. The second kappa shape index (κ2) is 13.3. The fourth-order valence-electron chi connectivity index (χ4n) is 4.35. The monoisotopic (exact) mass is 508 g/mol. The Bertz CT molecular complexity index is 1020. The van der Waals surface area contributed by atoms with Crippen LogP contribution >= 0.6 is 0 Å². The molecule has 2 aromatic rings. The van der Waals surface area contributed by atoms with Crippen molar-refractivity contribution in [1.82, 2.24) is 10.2 Å². The number of piperidine rings is 1. The zero-order chi connectivity index (χ0) is 26.8. The molecule has 1 saturated heterocycles. The molecule has 2 aromatic carbocycles. The molecule has 37 heavy (non-hydrogen) atoms. The van der Waals surface area contributed by atoms with E-state index in [9.17, 15) is 14.4 Å². The Morgan fingerprint density at radius 2 is 1.62 bits per heavy atom. The highest BCUT2D eigenvalue weighted by atomic mass is 16.6. The van der Waals surface area contributed by atoms with E-state index in [1.54, 1.807) is 4.90 Å². The van der Waals surface area contributed by atoms with E-state index < -0.39 is 11.6 Å². The first kappa shape index (κ1) is 28.2. The molecule has 0 aromatic heterocycles. The maximum absolute atomic E-state index is 12.8. The van der Waals surface area contributed by atoms with Crippen LogP contribution in [0.25, 0.3) is 0 Å². The molecular weight excluding hydrogens is 468 g/mol. The van der Waals surface area contributed by atoms with E-state index in [-0.39, 0.29) is 23.7 Å². The number of likely N-dealkylation sites (tertiary alicyclic amines) is 1. The Kier molecular flexibility index (Phi) is 10.1. The fourth-order valence-corrected chi connectivity index (χ4v) is 4.35. The van der Waals surface area contributed by atoms with Crippen LogP contribution in [0, 0.1) is 5.92 Å². The number of carbonyl (C=O) groups excluding carboxylic acids is 3. The van der Waals surface area contributed by atoms with Gasteiger partial charge in [-0.2, -0.15) is 0 Å². The van der Waals surface area contributed by atoms with E-state index in [2.05, 4.69) is 5.32 Å². The molecule has 0 bridgehead atoms. The van der Waals surface area contributed by atoms with Gasteiger partial charge in [0.05, 0.1) is 6.04 Å². The predicted octanol–water partition coefficient (Wildman–Crippen LogP) is 5.31. The van der Waals surface area contributed by atoms with Crippen molar-refractivity contribution in [2.24, 2.45) is 5.92 Å². The Balaban J connectivity index is 1.47. The van der Waals surface area contributed by atoms with Gasteiger partial charge in [-0.25, -0.2) is 4.79 Å². The molecule has 1 heterocycles. The highest BCUT2D eigenvalue weighted by molar-refractivity contribution is 5.89. The normalized spacial score (nSPS) is 15.1. The number of benzene rings is 2. The SMILES string of the molecule is CCC(=O)[C@H](Cc1ccc(OCc2ccccc2)cc1)NC(=O)CC1CCN(C(=O)OC(C)(C)C)CC1. The number of hydrogen-bond acceptors (Lipinski definition) is 5. The van der Waals surface area contributed by atoms with Gasteiger partial charge in [-0.3, -0.25) is 9.59 Å². The largest absolute Gasteiger partial charge is 0.489 e. The van der Waals surface area contributed by atoms with Crippen LogP contribution in [0.3, 0.4) is 0 Å². The molecule has 0 saturated carbocycles. The van der Waals surface area contributed by atoms with Crippen molar-refractivity contribution >= 4 is 17.8 Å². The van der Waals surface area contributed by atoms with E-state index >= 15 is 0 Å². The van der Waals surface area contributed by atoms with Gasteiger partial charge in [-0.05, 0) is 69.2 Å². The Labute approximate surface area is 220 Å². The minimum atomic E-state index is -0.560. The summed E-state index contributed by atoms with van der Waals surface area (Å²) >= 11 is 0. The number of ether oxygens (including phenoxy) is 2. The van der Waals surface area contributed by atoms with Gasteiger partial charge in [0.25, 0.3) is 0 Å². The third-order valence-electron chi connectivity index (χ3n) is 6.42. The van der Waals surface area contributed by atoms with Crippen LogP contribution in [0.1, 0.15) is 64.5 Å². The van der Waals surface area contributed by atoms with Crippen molar-refractivity contribution in [3.63, 3.8) is 0 Å². The highest BCUT2D eigenvalue weighted by Crippen LogP contribution is 2.23. The number of rotatable bonds is 10. The predicted molar refractivity (Wildman–Crippen MR) is 143 cm³/mol. The minimum Gasteiger partial charge on any atom is -0.489 e. The van der Waals surface area contributed by atoms with Crippen molar-refractivity contribution in [3.05, 3.63) is 65.7 Å². The van der Waals surface area contributed by atoms with E-state index in [0.29, 0.717) is 39.0 Å². The smallest absolute Gasteiger partial charge is 0.410 e. The second-order valence-electron chi connectivity index (χ2n) is 10.7. The van der Waals surface area contributed by atoms with E-state index in [0.717, 1.165) is 29.7 Å². The maximum atomic E-state index is 12.8. The van der Waals surface area contributed by atoms with Gasteiger partial charge >= 0.3 is 6.09 Å². The maximum Gasteiger partial charge on any atom is 0.410 e. The second-order valence-corrected chi connectivity index (χ2v) is 10.7. The first-order chi connectivity index (χ1) is 17.6. The van der Waals surface area contributed by atoms with Crippen molar-refractivity contribution < 1.29 is 23.9 Å². The molecule has 0 spiro atoms. The molecule has 1 aliphatic rings. The number of amides is 2. The Morgan fingerprint density at radius 3 is 2.22 bits per heavy atom. The van der Waals surface area contributed by atoms with Gasteiger partial charge in [-0.15, -0.1) is 0 Å². The van der Waals surface area contributed by atoms with Gasteiger partial charge in [0, 0.05) is 25.9 Å². The summed E-state index contributed by atoms with van der Waals surface area (Å²) in [4.78, 5) is 39.4. The van der Waals surface area contributed by atoms with Crippen molar-refractivity contribution in [1.29, 1.82) is 0 Å². The molecule has 7 heteroatoms. The third-order valence-corrected chi connectivity index (χ3v) is 6.42. The summed E-state index contributed by atoms with van der Waals surface area (Å²) in [5.41, 5.74) is 1.53. The summed E-state index contributed by atoms with van der Waals surface area (Å²) in [6.07, 6.45) is 2.32. The van der Waals surface area contributed by atoms with E-state index in [4.69, 9.17) is 9.47 Å². The average Bonchev–Trinajstić information content (AvgIpc) is 2.87. The molecule has 200 valence electrons. The van der Waals surface area contributed by atoms with E-state index in [1.165, 1.54) is 0 Å². The van der Waals surface area contributed by atoms with E-state index in [1.807, 2.05) is 82.3 Å². The molecule has 1 atom stereocenters. The van der Waals surface area contributed by atoms with Crippen LogP contribution < -0.4 is 10.1 Å². The first-order valence-corrected chi connectivity index (χ1v) is 13.2. The molecular formula is C30H40N2O5. The van der Waals surface area contributed by atoms with Crippen LogP contribution in [-0.4, -0.2) is 47.4 Å². The van der Waals surface area contributed by atoms with Gasteiger partial charge in [-0.1, -0.05) is 49.4 Å². The Morgan fingerprint density at radius 1 is 0.973 bits per heavy atom. The van der Waals surface area contributed by atoms with Gasteiger partial charge in [0.15, 0.2) is 5.78 Å². The minimum absolute atomic E-state index is 0.0116. The van der Waals surface area contributed by atoms with Crippen LogP contribution in [-0.2, 0) is 27.4 Å². The van der Waals surface area contributed by atoms with Crippen molar-refractivity contribution in [3.8, 4) is 5.75 Å². The lowest BCUT2D eigenvalue weighted by Crippen LogP contribution is -2.45. The molecule has 0 aliphatic carbocycles. The lowest BCUT2D eigenvalue weighted by Gasteiger charge is -2.33. The van der Waals surface area contributed by atoms with Gasteiger partial charge in [0.1, 0.15) is 18.0 Å². The summed E-state index contributed by atoms with van der Waals surface area (Å²) in [5, 5.41) is 2.96. The molecule has 1 N–H and O–H groups in total. The molecule has 0 radical (unpaired) electrons. The number of nitrogens with zero attached hydrogens (tertiary/aromatic N) is 1.